The fourth-order valence-corrected chi connectivity index (χ4v) is 6.98. The molecule has 2 aromatic rings. The number of β-lactam (4-membered cyclic amide) rings is 1. The third kappa shape index (κ3) is 8.91. The van der Waals surface area contributed by atoms with E-state index in [-0.39, 0.29) is 39.0 Å². The van der Waals surface area contributed by atoms with Gasteiger partial charge in [0.25, 0.3) is 5.69 Å². The van der Waals surface area contributed by atoms with Gasteiger partial charge in [-0.2, -0.15) is 0 Å². The maximum Gasteiger partial charge on any atom is 0.359 e. The molecule has 0 saturated carbocycles. The Bertz CT molecular complexity index is 1500. The number of non-ortho nitro benzene ring substituents is 1. The first-order valence-corrected chi connectivity index (χ1v) is 19.1. The number of hydrogen-bond acceptors (Lipinski definition) is 9. The van der Waals surface area contributed by atoms with Crippen molar-refractivity contribution >= 4 is 66.0 Å². The molecule has 0 aromatic heterocycles. The molecule has 3 rings (SSSR count). The summed E-state index contributed by atoms with van der Waals surface area (Å²) in [5.41, 5.74) is -1.88. The number of rotatable bonds is 11. The van der Waals surface area contributed by atoms with Crippen LogP contribution in [0.4, 0.5) is 5.69 Å². The number of benzene rings is 2. The molecule has 0 unspecified atom stereocenters. The summed E-state index contributed by atoms with van der Waals surface area (Å²) in [6, 6.07) is 11.7. The van der Waals surface area contributed by atoms with E-state index in [9.17, 15) is 24.5 Å². The Labute approximate surface area is 285 Å². The standard InChI is InChI=1S/C32H40Cl2N2O8SSi/c1-19(44-46(8,9)32(5,6)7)24-26(34)35(27(24)37)25(28(38)42-18-20-10-14-22(15-11-20)36(40)41)29(45-30(39)31(2,3)4)43-23-16-12-21(33)13-17-23/h10-17,19,24,26H,18H2,1-9H3/t19-,24-,26+/m1/s1. The zero-order chi connectivity index (χ0) is 34.8. The second kappa shape index (κ2) is 14.5. The molecular weight excluding hydrogens is 671 g/mol. The first-order chi connectivity index (χ1) is 21.1. The number of alkyl halides is 1. The lowest BCUT2D eigenvalue weighted by Crippen LogP contribution is -2.64. The smallest absolute Gasteiger partial charge is 0.359 e. The molecule has 1 aliphatic heterocycles. The molecule has 46 heavy (non-hydrogen) atoms. The second-order valence-corrected chi connectivity index (χ2v) is 20.1. The average molecular weight is 712 g/mol. The summed E-state index contributed by atoms with van der Waals surface area (Å²) in [5, 5.41) is 10.8. The van der Waals surface area contributed by atoms with E-state index in [1.165, 1.54) is 24.3 Å². The quantitative estimate of drug-likeness (QED) is 0.0261. The first kappa shape index (κ1) is 37.6. The molecule has 0 spiro atoms. The molecule has 0 N–H and O–H groups in total. The summed E-state index contributed by atoms with van der Waals surface area (Å²) in [5.74, 6) is -2.01. The van der Waals surface area contributed by atoms with Crippen molar-refractivity contribution in [2.24, 2.45) is 11.3 Å². The number of hydrogen-bond donors (Lipinski definition) is 0. The summed E-state index contributed by atoms with van der Waals surface area (Å²) < 4.78 is 18.2. The van der Waals surface area contributed by atoms with Gasteiger partial charge in [0, 0.05) is 22.6 Å². The van der Waals surface area contributed by atoms with Crippen LogP contribution in [-0.2, 0) is 30.2 Å². The number of thioether (sulfide) groups is 1. The molecule has 1 heterocycles. The van der Waals surface area contributed by atoms with Gasteiger partial charge in [-0.05, 0) is 78.8 Å². The summed E-state index contributed by atoms with van der Waals surface area (Å²) >= 11 is 13.6. The lowest BCUT2D eigenvalue weighted by Gasteiger charge is -2.48. The van der Waals surface area contributed by atoms with Crippen LogP contribution >= 0.6 is 35.0 Å². The maximum absolute atomic E-state index is 13.9. The van der Waals surface area contributed by atoms with E-state index in [0.717, 1.165) is 4.90 Å². The minimum absolute atomic E-state index is 0.119. The average Bonchev–Trinajstić information content (AvgIpc) is 2.94. The highest BCUT2D eigenvalue weighted by Gasteiger charge is 2.55. The van der Waals surface area contributed by atoms with E-state index in [4.69, 9.17) is 37.1 Å². The normalized spacial score (nSPS) is 18.3. The number of amides is 1. The van der Waals surface area contributed by atoms with Crippen LogP contribution in [0.15, 0.2) is 59.3 Å². The third-order valence-corrected chi connectivity index (χ3v) is 14.4. The van der Waals surface area contributed by atoms with E-state index in [0.29, 0.717) is 22.3 Å². The van der Waals surface area contributed by atoms with Gasteiger partial charge in [0.2, 0.25) is 11.0 Å². The molecule has 0 aliphatic carbocycles. The van der Waals surface area contributed by atoms with E-state index in [1.54, 1.807) is 52.0 Å². The SMILES string of the molecule is C[C@@H](O[Si](C)(C)C(C)(C)C)[C@H]1C(=O)N(C(C(=O)OCc2ccc([N+](=O)[O-])cc2)=C(Oc2ccc(Cl)cc2)SC(=O)C(C)(C)C)[C@@H]1Cl. The highest BCUT2D eigenvalue weighted by Crippen LogP contribution is 2.44. The molecule has 3 atom stereocenters. The molecule has 0 radical (unpaired) electrons. The minimum atomic E-state index is -2.28. The van der Waals surface area contributed by atoms with Crippen molar-refractivity contribution in [2.75, 3.05) is 0 Å². The molecule has 1 saturated heterocycles. The molecule has 14 heteroatoms. The predicted molar refractivity (Wildman–Crippen MR) is 182 cm³/mol. The van der Waals surface area contributed by atoms with Gasteiger partial charge in [-0.3, -0.25) is 24.6 Å². The highest BCUT2D eigenvalue weighted by molar-refractivity contribution is 8.16. The molecule has 1 amide bonds. The number of carbonyl (C=O) groups is 3. The number of ether oxygens (including phenoxy) is 2. The Balaban J connectivity index is 2.06. The van der Waals surface area contributed by atoms with E-state index >= 15 is 0 Å². The van der Waals surface area contributed by atoms with Crippen molar-refractivity contribution in [2.45, 2.75) is 84.8 Å². The Morgan fingerprint density at radius 3 is 2.09 bits per heavy atom. The van der Waals surface area contributed by atoms with Gasteiger partial charge in [-0.25, -0.2) is 4.79 Å². The first-order valence-electron chi connectivity index (χ1n) is 14.6. The molecule has 1 fully saturated rings. The Morgan fingerprint density at radius 2 is 1.61 bits per heavy atom. The fourth-order valence-electron chi connectivity index (χ4n) is 4.03. The molecule has 2 aromatic carbocycles. The van der Waals surface area contributed by atoms with Crippen molar-refractivity contribution in [3.05, 3.63) is 80.0 Å². The van der Waals surface area contributed by atoms with Crippen LogP contribution in [0.1, 0.15) is 54.0 Å². The van der Waals surface area contributed by atoms with Crippen LogP contribution in [0.3, 0.4) is 0 Å². The maximum atomic E-state index is 13.9. The Hall–Kier alpha value is -2.90. The van der Waals surface area contributed by atoms with Crippen LogP contribution in [-0.4, -0.2) is 46.7 Å². The summed E-state index contributed by atoms with van der Waals surface area (Å²) in [6.07, 6.45) is -0.561. The van der Waals surface area contributed by atoms with Crippen molar-refractivity contribution in [3.8, 4) is 5.75 Å². The van der Waals surface area contributed by atoms with Crippen molar-refractivity contribution in [1.82, 2.24) is 4.90 Å². The van der Waals surface area contributed by atoms with Crippen molar-refractivity contribution in [1.29, 1.82) is 0 Å². The summed E-state index contributed by atoms with van der Waals surface area (Å²) in [6.45, 7) is 17.0. The zero-order valence-corrected chi connectivity index (χ0v) is 30.7. The summed E-state index contributed by atoms with van der Waals surface area (Å²) in [4.78, 5) is 52.6. The highest BCUT2D eigenvalue weighted by atomic mass is 35.5. The van der Waals surface area contributed by atoms with Crippen LogP contribution in [0, 0.1) is 21.4 Å². The number of likely N-dealkylation sites (tertiary alicyclic amines) is 1. The van der Waals surface area contributed by atoms with E-state index in [1.807, 2.05) is 0 Å². The zero-order valence-electron chi connectivity index (χ0n) is 27.4. The topological polar surface area (TPSA) is 125 Å². The van der Waals surface area contributed by atoms with Crippen LogP contribution in [0.2, 0.25) is 23.2 Å². The van der Waals surface area contributed by atoms with Gasteiger partial charge in [-0.1, -0.05) is 64.7 Å². The lowest BCUT2D eigenvalue weighted by molar-refractivity contribution is -0.384. The fraction of sp³-hybridized carbons (Fsp3) is 0.469. The van der Waals surface area contributed by atoms with Gasteiger partial charge in [0.1, 0.15) is 17.9 Å². The van der Waals surface area contributed by atoms with Gasteiger partial charge in [0.05, 0.1) is 16.9 Å². The minimum Gasteiger partial charge on any atom is -0.456 e. The Kier molecular flexibility index (Phi) is 11.8. The molecular formula is C32H40Cl2N2O8SSi. The van der Waals surface area contributed by atoms with Crippen molar-refractivity contribution < 1.29 is 33.2 Å². The largest absolute Gasteiger partial charge is 0.456 e. The Morgan fingerprint density at radius 1 is 1.04 bits per heavy atom. The second-order valence-electron chi connectivity index (χ2n) is 13.5. The van der Waals surface area contributed by atoms with E-state index in [2.05, 4.69) is 33.9 Å². The number of nitro benzene ring substituents is 1. The third-order valence-electron chi connectivity index (χ3n) is 7.82. The molecule has 10 nitrogen and oxygen atoms in total. The number of nitro groups is 1. The number of nitrogens with zero attached hydrogens (tertiary/aromatic N) is 2. The van der Waals surface area contributed by atoms with Gasteiger partial charge >= 0.3 is 5.97 Å². The number of carbonyl (C=O) groups excluding carboxylic acids is 3. The number of esters is 1. The molecule has 0 bridgehead atoms. The van der Waals surface area contributed by atoms with Crippen LogP contribution < -0.4 is 4.74 Å². The van der Waals surface area contributed by atoms with Crippen LogP contribution in [0.5, 0.6) is 5.75 Å². The lowest BCUT2D eigenvalue weighted by atomic mass is 9.92. The number of halogens is 2. The summed E-state index contributed by atoms with van der Waals surface area (Å²) in [7, 11) is -2.28. The predicted octanol–water partition coefficient (Wildman–Crippen LogP) is 8.28. The van der Waals surface area contributed by atoms with Gasteiger partial charge < -0.3 is 13.9 Å². The van der Waals surface area contributed by atoms with Crippen molar-refractivity contribution in [3.63, 3.8) is 0 Å². The van der Waals surface area contributed by atoms with Gasteiger partial charge in [0.15, 0.2) is 19.1 Å². The van der Waals surface area contributed by atoms with Crippen LogP contribution in [0.25, 0.3) is 0 Å². The van der Waals surface area contributed by atoms with E-state index < -0.39 is 48.1 Å². The monoisotopic (exact) mass is 710 g/mol. The van der Waals surface area contributed by atoms with Gasteiger partial charge in [-0.15, -0.1) is 0 Å². The molecule has 250 valence electrons. The molecule has 1 aliphatic rings.